The molecule has 2 saturated heterocycles. The second-order valence-corrected chi connectivity index (χ2v) is 16.4. The largest absolute Gasteiger partial charge is 0.352 e. The summed E-state index contributed by atoms with van der Waals surface area (Å²) in [7, 11) is 0. The number of hydrogen-bond donors (Lipinski definition) is 4. The molecule has 0 bridgehead atoms. The van der Waals surface area contributed by atoms with Crippen LogP contribution in [0.15, 0.2) is 0 Å². The molecule has 0 unspecified atom stereocenters. The quantitative estimate of drug-likeness (QED) is 0.0996. The summed E-state index contributed by atoms with van der Waals surface area (Å²) in [5.41, 5.74) is 2.29. The molecule has 3 rings (SSSR count). The molecule has 0 spiro atoms. The zero-order chi connectivity index (χ0) is 30.5. The van der Waals surface area contributed by atoms with E-state index in [1.165, 1.54) is 25.7 Å². The molecule has 238 valence electrons. The van der Waals surface area contributed by atoms with Gasteiger partial charge in [-0.1, -0.05) is 58.3 Å². The van der Waals surface area contributed by atoms with Crippen molar-refractivity contribution in [3.63, 3.8) is 0 Å². The number of carbonyl (C=O) groups is 2. The molecule has 2 amide bonds. The number of rotatable bonds is 11. The summed E-state index contributed by atoms with van der Waals surface area (Å²) in [6.45, 7) is 20.8. The van der Waals surface area contributed by atoms with Crippen LogP contribution in [-0.4, -0.2) is 57.6 Å². The normalized spacial score (nSPS) is 25.7. The Morgan fingerprint density at radius 2 is 1.20 bits per heavy atom. The van der Waals surface area contributed by atoms with Gasteiger partial charge in [0.1, 0.15) is 5.41 Å². The molecule has 7 heteroatoms. The summed E-state index contributed by atoms with van der Waals surface area (Å²) in [4.78, 5) is 29.4. The molecule has 0 atom stereocenters. The molecule has 1 saturated carbocycles. The molecule has 0 radical (unpaired) electrons. The molecule has 3 aliphatic rings. The zero-order valence-corrected chi connectivity index (χ0v) is 28.2. The Morgan fingerprint density at radius 3 is 1.71 bits per heavy atom. The van der Waals surface area contributed by atoms with Gasteiger partial charge in [-0.3, -0.25) is 14.6 Å². The summed E-state index contributed by atoms with van der Waals surface area (Å²) >= 11 is 0. The van der Waals surface area contributed by atoms with Crippen LogP contribution in [-0.2, 0) is 9.59 Å². The average molecular weight is 576 g/mol. The highest BCUT2D eigenvalue weighted by molar-refractivity contribution is 6.05. The number of hydrogen-bond acceptors (Lipinski definition) is 5. The summed E-state index contributed by atoms with van der Waals surface area (Å²) in [5.74, 6) is -0.0264. The summed E-state index contributed by atoms with van der Waals surface area (Å²) in [6.07, 6.45) is 14.7. The van der Waals surface area contributed by atoms with Crippen molar-refractivity contribution in [2.24, 2.45) is 5.41 Å². The SMILES string of the molecule is CCCCCCCNN(C(=O)C1(C(=O)NC2CC(C)(C)NC(C)(C)C2)CCCCCC1)C1CC(C)(C)NC(C)(C)C1. The smallest absolute Gasteiger partial charge is 0.252 e. The highest BCUT2D eigenvalue weighted by Gasteiger charge is 2.52. The van der Waals surface area contributed by atoms with Crippen molar-refractivity contribution in [2.75, 3.05) is 6.54 Å². The number of hydrazine groups is 1. The van der Waals surface area contributed by atoms with E-state index in [0.717, 1.165) is 64.3 Å². The van der Waals surface area contributed by atoms with Crippen LogP contribution >= 0.6 is 0 Å². The van der Waals surface area contributed by atoms with Crippen LogP contribution in [0, 0.1) is 5.41 Å². The number of unbranched alkanes of at least 4 members (excludes halogenated alkanes) is 4. The third-order valence-corrected chi connectivity index (χ3v) is 9.64. The van der Waals surface area contributed by atoms with Crippen LogP contribution in [0.3, 0.4) is 0 Å². The van der Waals surface area contributed by atoms with Gasteiger partial charge in [-0.25, -0.2) is 5.43 Å². The predicted molar refractivity (Wildman–Crippen MR) is 171 cm³/mol. The molecule has 7 nitrogen and oxygen atoms in total. The maximum absolute atomic E-state index is 15.0. The van der Waals surface area contributed by atoms with Crippen LogP contribution in [0.4, 0.5) is 0 Å². The fourth-order valence-electron chi connectivity index (χ4n) is 8.59. The molecule has 1 aliphatic carbocycles. The van der Waals surface area contributed by atoms with Gasteiger partial charge in [0.2, 0.25) is 5.91 Å². The Hall–Kier alpha value is -1.18. The van der Waals surface area contributed by atoms with Crippen molar-refractivity contribution >= 4 is 11.8 Å². The highest BCUT2D eigenvalue weighted by atomic mass is 16.2. The van der Waals surface area contributed by atoms with Crippen LogP contribution in [0.2, 0.25) is 0 Å². The number of nitrogens with zero attached hydrogens (tertiary/aromatic N) is 1. The van der Waals surface area contributed by atoms with Gasteiger partial charge < -0.3 is 16.0 Å². The summed E-state index contributed by atoms with van der Waals surface area (Å²) in [6, 6.07) is 0.0902. The van der Waals surface area contributed by atoms with E-state index >= 15 is 0 Å². The first-order chi connectivity index (χ1) is 19.0. The van der Waals surface area contributed by atoms with Gasteiger partial charge in [-0.15, -0.1) is 0 Å². The fourth-order valence-corrected chi connectivity index (χ4v) is 8.59. The number of carbonyl (C=O) groups excluding carboxylic acids is 2. The molecule has 0 aromatic heterocycles. The Balaban J connectivity index is 1.90. The molecule has 2 aliphatic heterocycles. The molecule has 4 N–H and O–H groups in total. The topological polar surface area (TPSA) is 85.5 Å². The van der Waals surface area contributed by atoms with Crippen molar-refractivity contribution in [1.82, 2.24) is 26.4 Å². The summed E-state index contributed by atoms with van der Waals surface area (Å²) in [5, 5.41) is 12.9. The molecular formula is C34H65N5O2. The molecular weight excluding hydrogens is 510 g/mol. The molecule has 41 heavy (non-hydrogen) atoms. The maximum Gasteiger partial charge on any atom is 0.252 e. The van der Waals surface area contributed by atoms with Crippen LogP contribution in [0.25, 0.3) is 0 Å². The lowest BCUT2D eigenvalue weighted by molar-refractivity contribution is -0.159. The van der Waals surface area contributed by atoms with Gasteiger partial charge in [0.15, 0.2) is 0 Å². The Labute approximate surface area is 252 Å². The van der Waals surface area contributed by atoms with Crippen molar-refractivity contribution in [3.05, 3.63) is 0 Å². The first-order valence-electron chi connectivity index (χ1n) is 17.0. The lowest BCUT2D eigenvalue weighted by atomic mass is 9.74. The minimum absolute atomic E-state index is 0.0106. The predicted octanol–water partition coefficient (Wildman–Crippen LogP) is 6.37. The third-order valence-electron chi connectivity index (χ3n) is 9.64. The third kappa shape index (κ3) is 9.66. The van der Waals surface area contributed by atoms with Gasteiger partial charge in [-0.2, -0.15) is 0 Å². The van der Waals surface area contributed by atoms with Crippen LogP contribution in [0.1, 0.15) is 159 Å². The van der Waals surface area contributed by atoms with Gasteiger partial charge in [0, 0.05) is 34.7 Å². The van der Waals surface area contributed by atoms with E-state index in [2.05, 4.69) is 83.7 Å². The zero-order valence-electron chi connectivity index (χ0n) is 28.2. The van der Waals surface area contributed by atoms with E-state index in [9.17, 15) is 9.59 Å². The minimum atomic E-state index is -1.01. The summed E-state index contributed by atoms with van der Waals surface area (Å²) < 4.78 is 0. The van der Waals surface area contributed by atoms with E-state index in [4.69, 9.17) is 0 Å². The Morgan fingerprint density at radius 1 is 0.707 bits per heavy atom. The van der Waals surface area contributed by atoms with Gasteiger partial charge in [-0.05, 0) is 100 Å². The van der Waals surface area contributed by atoms with Crippen molar-refractivity contribution < 1.29 is 9.59 Å². The van der Waals surface area contributed by atoms with E-state index in [-0.39, 0.29) is 46.1 Å². The molecule has 3 fully saturated rings. The Bertz CT molecular complexity index is 840. The second-order valence-electron chi connectivity index (χ2n) is 16.4. The lowest BCUT2D eigenvalue weighted by Crippen LogP contribution is -2.68. The van der Waals surface area contributed by atoms with E-state index in [1.54, 1.807) is 0 Å². The van der Waals surface area contributed by atoms with Crippen molar-refractivity contribution in [2.45, 2.75) is 193 Å². The van der Waals surface area contributed by atoms with E-state index in [1.807, 2.05) is 5.01 Å². The van der Waals surface area contributed by atoms with Crippen molar-refractivity contribution in [1.29, 1.82) is 0 Å². The van der Waals surface area contributed by atoms with Crippen LogP contribution in [0.5, 0.6) is 0 Å². The molecule has 0 aromatic carbocycles. The van der Waals surface area contributed by atoms with Crippen LogP contribution < -0.4 is 21.4 Å². The number of piperidine rings is 2. The van der Waals surface area contributed by atoms with E-state index < -0.39 is 5.41 Å². The number of amides is 2. The Kier molecular flexibility index (Phi) is 11.4. The lowest BCUT2D eigenvalue weighted by Gasteiger charge is -2.51. The minimum Gasteiger partial charge on any atom is -0.352 e. The second kappa shape index (κ2) is 13.6. The average Bonchev–Trinajstić information content (AvgIpc) is 3.06. The van der Waals surface area contributed by atoms with Crippen molar-refractivity contribution in [3.8, 4) is 0 Å². The highest BCUT2D eigenvalue weighted by Crippen LogP contribution is 2.40. The van der Waals surface area contributed by atoms with E-state index in [0.29, 0.717) is 12.8 Å². The fraction of sp³-hybridized carbons (Fsp3) is 0.941. The van der Waals surface area contributed by atoms with Gasteiger partial charge in [0.25, 0.3) is 5.91 Å². The first-order valence-corrected chi connectivity index (χ1v) is 17.0. The molecule has 2 heterocycles. The standard InChI is InChI=1S/C34H65N5O2/c1-10-11-12-15-18-21-35-39(27-24-32(6,7)38-33(8,9)25-27)29(41)34(19-16-13-14-17-20-34)28(40)36-26-22-30(2,3)37-31(4,5)23-26/h26-27,35,37-38H,10-25H2,1-9H3,(H,36,40). The monoisotopic (exact) mass is 576 g/mol. The van der Waals surface area contributed by atoms with Gasteiger partial charge in [0.05, 0.1) is 6.04 Å². The number of nitrogens with one attached hydrogen (secondary N) is 4. The first kappa shape index (κ1) is 34.3. The van der Waals surface area contributed by atoms with Gasteiger partial charge >= 0.3 is 0 Å². The maximum atomic E-state index is 15.0. The molecule has 0 aromatic rings.